The van der Waals surface area contributed by atoms with Crippen LogP contribution in [0.2, 0.25) is 5.02 Å². The maximum Gasteiger partial charge on any atom is 0.340 e. The van der Waals surface area contributed by atoms with E-state index < -0.39 is 5.97 Å². The monoisotopic (exact) mass is 409 g/mol. The first-order valence-corrected chi connectivity index (χ1v) is 8.64. The van der Waals surface area contributed by atoms with Gasteiger partial charge in [0.05, 0.1) is 16.6 Å². The molecule has 0 spiro atoms. The highest BCUT2D eigenvalue weighted by Gasteiger charge is 2.16. The zero-order valence-electron chi connectivity index (χ0n) is 13.1. The minimum Gasteiger partial charge on any atom is -0.452 e. The minimum atomic E-state index is -0.618. The Balaban J connectivity index is 1.91. The van der Waals surface area contributed by atoms with Crippen LogP contribution in [-0.4, -0.2) is 18.5 Å². The molecule has 0 heterocycles. The third kappa shape index (κ3) is 5.08. The summed E-state index contributed by atoms with van der Waals surface area (Å²) in [5, 5.41) is 3.15. The van der Waals surface area contributed by atoms with Crippen molar-refractivity contribution in [2.24, 2.45) is 0 Å². The number of ether oxygens (including phenoxy) is 1. The second kappa shape index (κ2) is 8.85. The van der Waals surface area contributed by atoms with E-state index in [4.69, 9.17) is 16.3 Å². The standard InChI is InChI=1S/C18H17BrClNO3/c1-2-16(12-7-9-13(19)10-8-12)21-17(22)11-24-18(23)14-5-3-4-6-15(14)20/h3-10,16H,2,11H2,1H3,(H,21,22)/t16-/m0/s1. The van der Waals surface area contributed by atoms with E-state index in [1.54, 1.807) is 24.3 Å². The maximum atomic E-state index is 12.0. The molecule has 0 aromatic heterocycles. The van der Waals surface area contributed by atoms with Gasteiger partial charge in [-0.3, -0.25) is 4.79 Å². The van der Waals surface area contributed by atoms with Gasteiger partial charge in [0.15, 0.2) is 6.61 Å². The van der Waals surface area contributed by atoms with Gasteiger partial charge in [-0.25, -0.2) is 4.79 Å². The van der Waals surface area contributed by atoms with Gasteiger partial charge in [-0.05, 0) is 36.2 Å². The first-order chi connectivity index (χ1) is 11.5. The molecule has 2 aromatic carbocycles. The van der Waals surface area contributed by atoms with Crippen LogP contribution < -0.4 is 5.32 Å². The lowest BCUT2D eigenvalue weighted by atomic mass is 10.0. The molecule has 2 aromatic rings. The highest BCUT2D eigenvalue weighted by Crippen LogP contribution is 2.19. The summed E-state index contributed by atoms with van der Waals surface area (Å²) in [6.45, 7) is 1.62. The molecule has 24 heavy (non-hydrogen) atoms. The Morgan fingerprint density at radius 1 is 1.17 bits per heavy atom. The number of nitrogens with one attached hydrogen (secondary N) is 1. The van der Waals surface area contributed by atoms with Crippen molar-refractivity contribution in [3.05, 3.63) is 69.2 Å². The molecule has 126 valence electrons. The summed E-state index contributed by atoms with van der Waals surface area (Å²) in [4.78, 5) is 24.0. The van der Waals surface area contributed by atoms with Gasteiger partial charge in [0.2, 0.25) is 0 Å². The van der Waals surface area contributed by atoms with E-state index in [-0.39, 0.29) is 24.1 Å². The quantitative estimate of drug-likeness (QED) is 0.712. The second-order valence-corrected chi connectivity index (χ2v) is 6.46. The molecule has 0 fully saturated rings. The van der Waals surface area contributed by atoms with Crippen molar-refractivity contribution in [2.45, 2.75) is 19.4 Å². The maximum absolute atomic E-state index is 12.0. The SMILES string of the molecule is CC[C@H](NC(=O)COC(=O)c1ccccc1Cl)c1ccc(Br)cc1. The normalized spacial score (nSPS) is 11.6. The molecule has 6 heteroatoms. The number of halogens is 2. The Morgan fingerprint density at radius 3 is 2.46 bits per heavy atom. The van der Waals surface area contributed by atoms with Crippen LogP contribution in [0.15, 0.2) is 53.0 Å². The molecule has 0 radical (unpaired) electrons. The van der Waals surface area contributed by atoms with Gasteiger partial charge in [0.1, 0.15) is 0 Å². The first kappa shape index (κ1) is 18.5. The van der Waals surface area contributed by atoms with Gasteiger partial charge in [-0.1, -0.05) is 58.7 Å². The Morgan fingerprint density at radius 2 is 1.83 bits per heavy atom. The third-order valence-electron chi connectivity index (χ3n) is 3.44. The van der Waals surface area contributed by atoms with Crippen molar-refractivity contribution in [2.75, 3.05) is 6.61 Å². The molecule has 1 atom stereocenters. The first-order valence-electron chi connectivity index (χ1n) is 7.47. The fourth-order valence-corrected chi connectivity index (χ4v) is 2.66. The Hall–Kier alpha value is -1.85. The van der Waals surface area contributed by atoms with Gasteiger partial charge >= 0.3 is 5.97 Å². The number of hydrogen-bond donors (Lipinski definition) is 1. The topological polar surface area (TPSA) is 55.4 Å². The number of benzene rings is 2. The van der Waals surface area contributed by atoms with Crippen molar-refractivity contribution >= 4 is 39.4 Å². The van der Waals surface area contributed by atoms with Crippen molar-refractivity contribution in [1.82, 2.24) is 5.32 Å². The molecule has 0 saturated heterocycles. The molecule has 0 saturated carbocycles. The summed E-state index contributed by atoms with van der Waals surface area (Å²) in [6.07, 6.45) is 0.728. The number of amides is 1. The number of esters is 1. The van der Waals surface area contributed by atoms with Crippen molar-refractivity contribution < 1.29 is 14.3 Å². The smallest absolute Gasteiger partial charge is 0.340 e. The van der Waals surface area contributed by atoms with E-state index >= 15 is 0 Å². The summed E-state index contributed by atoms with van der Waals surface area (Å²) in [5.74, 6) is -0.974. The van der Waals surface area contributed by atoms with Gasteiger partial charge in [0, 0.05) is 4.47 Å². The van der Waals surface area contributed by atoms with Crippen LogP contribution >= 0.6 is 27.5 Å². The zero-order valence-corrected chi connectivity index (χ0v) is 15.4. The number of rotatable bonds is 6. The lowest BCUT2D eigenvalue weighted by molar-refractivity contribution is -0.125. The van der Waals surface area contributed by atoms with E-state index in [9.17, 15) is 9.59 Å². The van der Waals surface area contributed by atoms with Crippen molar-refractivity contribution in [3.8, 4) is 0 Å². The molecule has 0 aliphatic heterocycles. The Labute approximate surface area is 154 Å². The molecular weight excluding hydrogens is 394 g/mol. The van der Waals surface area contributed by atoms with Gasteiger partial charge < -0.3 is 10.1 Å². The summed E-state index contributed by atoms with van der Waals surface area (Å²) < 4.78 is 6.00. The lowest BCUT2D eigenvalue weighted by Crippen LogP contribution is -2.32. The fourth-order valence-electron chi connectivity index (χ4n) is 2.19. The van der Waals surface area contributed by atoms with E-state index in [1.807, 2.05) is 31.2 Å². The van der Waals surface area contributed by atoms with Gasteiger partial charge in [0.25, 0.3) is 5.91 Å². The van der Waals surface area contributed by atoms with Crippen LogP contribution in [0.1, 0.15) is 35.3 Å². The van der Waals surface area contributed by atoms with Gasteiger partial charge in [-0.2, -0.15) is 0 Å². The predicted octanol–water partition coefficient (Wildman–Crippen LogP) is 4.53. The summed E-state index contributed by atoms with van der Waals surface area (Å²) in [5.41, 5.74) is 1.23. The van der Waals surface area contributed by atoms with Crippen molar-refractivity contribution in [3.63, 3.8) is 0 Å². The molecule has 4 nitrogen and oxygen atoms in total. The van der Waals surface area contributed by atoms with Crippen LogP contribution in [0.5, 0.6) is 0 Å². The molecule has 0 bridgehead atoms. The minimum absolute atomic E-state index is 0.135. The molecule has 1 N–H and O–H groups in total. The molecule has 0 aliphatic carbocycles. The summed E-state index contributed by atoms with van der Waals surface area (Å²) >= 11 is 9.31. The number of carbonyl (C=O) groups excluding carboxylic acids is 2. The van der Waals surface area contributed by atoms with Crippen LogP contribution in [0.3, 0.4) is 0 Å². The highest BCUT2D eigenvalue weighted by atomic mass is 79.9. The van der Waals surface area contributed by atoms with E-state index in [2.05, 4.69) is 21.2 Å². The lowest BCUT2D eigenvalue weighted by Gasteiger charge is -2.17. The predicted molar refractivity (Wildman–Crippen MR) is 97.1 cm³/mol. The third-order valence-corrected chi connectivity index (χ3v) is 4.30. The highest BCUT2D eigenvalue weighted by molar-refractivity contribution is 9.10. The molecular formula is C18H17BrClNO3. The average molecular weight is 411 g/mol. The Kier molecular flexibility index (Phi) is 6.82. The molecule has 0 aliphatic rings. The van der Waals surface area contributed by atoms with Crippen LogP contribution in [0.25, 0.3) is 0 Å². The average Bonchev–Trinajstić information content (AvgIpc) is 2.59. The number of hydrogen-bond acceptors (Lipinski definition) is 3. The zero-order chi connectivity index (χ0) is 17.5. The van der Waals surface area contributed by atoms with E-state index in [0.29, 0.717) is 5.02 Å². The Bertz CT molecular complexity index is 718. The van der Waals surface area contributed by atoms with Crippen LogP contribution in [-0.2, 0) is 9.53 Å². The van der Waals surface area contributed by atoms with Crippen LogP contribution in [0, 0.1) is 0 Å². The largest absolute Gasteiger partial charge is 0.452 e. The van der Waals surface area contributed by atoms with E-state index in [1.165, 1.54) is 0 Å². The summed E-state index contributed by atoms with van der Waals surface area (Å²) in [6, 6.07) is 14.1. The molecule has 0 unspecified atom stereocenters. The van der Waals surface area contributed by atoms with E-state index in [0.717, 1.165) is 16.5 Å². The van der Waals surface area contributed by atoms with Crippen LogP contribution in [0.4, 0.5) is 0 Å². The second-order valence-electron chi connectivity index (χ2n) is 5.14. The summed E-state index contributed by atoms with van der Waals surface area (Å²) in [7, 11) is 0. The van der Waals surface area contributed by atoms with Gasteiger partial charge in [-0.15, -0.1) is 0 Å². The number of carbonyl (C=O) groups is 2. The fraction of sp³-hybridized carbons (Fsp3) is 0.222. The van der Waals surface area contributed by atoms with Crippen molar-refractivity contribution in [1.29, 1.82) is 0 Å². The molecule has 1 amide bonds. The molecule has 2 rings (SSSR count).